The molecule has 1 aromatic heterocycles. The molecule has 0 saturated carbocycles. The van der Waals surface area contributed by atoms with Crippen molar-refractivity contribution in [3.63, 3.8) is 0 Å². The molecule has 0 bridgehead atoms. The van der Waals surface area contributed by atoms with E-state index in [1.54, 1.807) is 30.1 Å². The highest BCUT2D eigenvalue weighted by atomic mass is 16.5. The van der Waals surface area contributed by atoms with Crippen LogP contribution in [0.2, 0.25) is 0 Å². The molecule has 1 heterocycles. The fourth-order valence-electron chi connectivity index (χ4n) is 2.42. The molecule has 5 nitrogen and oxygen atoms in total. The van der Waals surface area contributed by atoms with E-state index in [-0.39, 0.29) is 12.6 Å². The highest BCUT2D eigenvalue weighted by molar-refractivity contribution is 5.89. The second-order valence-electron chi connectivity index (χ2n) is 5.39. The van der Waals surface area contributed by atoms with Crippen molar-refractivity contribution in [3.05, 3.63) is 77.6 Å². The van der Waals surface area contributed by atoms with E-state index in [0.717, 1.165) is 16.8 Å². The van der Waals surface area contributed by atoms with E-state index in [9.17, 15) is 4.79 Å². The fraction of sp³-hybridized carbons (Fsp3) is 0.158. The Morgan fingerprint density at radius 3 is 2.62 bits per heavy atom. The first kappa shape index (κ1) is 15.8. The maximum absolute atomic E-state index is 12.2. The van der Waals surface area contributed by atoms with E-state index in [4.69, 9.17) is 9.47 Å². The maximum Gasteiger partial charge on any atom is 0.338 e. The monoisotopic (exact) mass is 322 g/mol. The first-order valence-corrected chi connectivity index (χ1v) is 7.58. The van der Waals surface area contributed by atoms with Crippen LogP contribution in [0.4, 0.5) is 0 Å². The number of nitrogens with zero attached hydrogens (tertiary/aromatic N) is 2. The van der Waals surface area contributed by atoms with Gasteiger partial charge in [-0.25, -0.2) is 9.48 Å². The van der Waals surface area contributed by atoms with Gasteiger partial charge in [0.15, 0.2) is 0 Å². The van der Waals surface area contributed by atoms with Crippen LogP contribution in [-0.4, -0.2) is 22.9 Å². The number of aryl methyl sites for hydroxylation is 1. The number of methoxy groups -OCH3 is 1. The SMILES string of the molecule is COc1ccc(C)cc1COC(=O)c1ccc(-n2cccn2)cc1. The third kappa shape index (κ3) is 3.46. The second-order valence-corrected chi connectivity index (χ2v) is 5.39. The molecule has 0 radical (unpaired) electrons. The summed E-state index contributed by atoms with van der Waals surface area (Å²) in [7, 11) is 1.60. The Balaban J connectivity index is 1.68. The minimum Gasteiger partial charge on any atom is -0.496 e. The Bertz CT molecular complexity index is 824. The molecule has 0 fully saturated rings. The number of hydrogen-bond acceptors (Lipinski definition) is 4. The standard InChI is InChI=1S/C19H18N2O3/c1-14-4-9-18(23-2)16(12-14)13-24-19(22)15-5-7-17(8-6-15)21-11-3-10-20-21/h3-12H,13H2,1-2H3. The second kappa shape index (κ2) is 7.00. The number of hydrogen-bond donors (Lipinski definition) is 0. The summed E-state index contributed by atoms with van der Waals surface area (Å²) in [6.07, 6.45) is 3.55. The fourth-order valence-corrected chi connectivity index (χ4v) is 2.42. The number of carbonyl (C=O) groups is 1. The number of ether oxygens (including phenoxy) is 2. The molecule has 0 spiro atoms. The Hall–Kier alpha value is -3.08. The summed E-state index contributed by atoms with van der Waals surface area (Å²) in [6, 6.07) is 14.7. The van der Waals surface area contributed by atoms with Gasteiger partial charge in [0.05, 0.1) is 18.4 Å². The molecule has 0 saturated heterocycles. The van der Waals surface area contributed by atoms with Crippen LogP contribution in [0.5, 0.6) is 5.75 Å². The van der Waals surface area contributed by atoms with Crippen LogP contribution < -0.4 is 4.74 Å². The quantitative estimate of drug-likeness (QED) is 0.674. The number of aromatic nitrogens is 2. The van der Waals surface area contributed by atoms with Crippen molar-refractivity contribution >= 4 is 5.97 Å². The molecule has 5 heteroatoms. The maximum atomic E-state index is 12.2. The lowest BCUT2D eigenvalue weighted by molar-refractivity contribution is 0.0470. The van der Waals surface area contributed by atoms with Crippen LogP contribution in [0.1, 0.15) is 21.5 Å². The van der Waals surface area contributed by atoms with Crippen molar-refractivity contribution < 1.29 is 14.3 Å². The Labute approximate surface area is 140 Å². The molecule has 0 unspecified atom stereocenters. The largest absolute Gasteiger partial charge is 0.496 e. The zero-order chi connectivity index (χ0) is 16.9. The average molecular weight is 322 g/mol. The predicted molar refractivity (Wildman–Crippen MR) is 90.4 cm³/mol. The molecule has 3 aromatic rings. The third-order valence-corrected chi connectivity index (χ3v) is 3.67. The topological polar surface area (TPSA) is 53.4 Å². The Morgan fingerprint density at radius 1 is 1.17 bits per heavy atom. The number of rotatable bonds is 5. The molecular formula is C19H18N2O3. The molecule has 3 rings (SSSR count). The van der Waals surface area contributed by atoms with Crippen LogP contribution in [0.25, 0.3) is 5.69 Å². The minimum atomic E-state index is -0.370. The molecule has 0 aliphatic carbocycles. The molecule has 0 atom stereocenters. The number of carbonyl (C=O) groups excluding carboxylic acids is 1. The molecule has 0 N–H and O–H groups in total. The molecule has 0 amide bonds. The third-order valence-electron chi connectivity index (χ3n) is 3.67. The van der Waals surface area contributed by atoms with Crippen molar-refractivity contribution in [1.82, 2.24) is 9.78 Å². The summed E-state index contributed by atoms with van der Waals surface area (Å²) in [4.78, 5) is 12.2. The van der Waals surface area contributed by atoms with Gasteiger partial charge < -0.3 is 9.47 Å². The zero-order valence-corrected chi connectivity index (χ0v) is 13.6. The van der Waals surface area contributed by atoms with E-state index < -0.39 is 0 Å². The summed E-state index contributed by atoms with van der Waals surface area (Å²) in [5.74, 6) is 0.341. The first-order chi connectivity index (χ1) is 11.7. The van der Waals surface area contributed by atoms with Gasteiger partial charge in [0, 0.05) is 18.0 Å². The van der Waals surface area contributed by atoms with Crippen molar-refractivity contribution in [3.8, 4) is 11.4 Å². The predicted octanol–water partition coefficient (Wildman–Crippen LogP) is 3.55. The van der Waals surface area contributed by atoms with Crippen molar-refractivity contribution in [2.24, 2.45) is 0 Å². The van der Waals surface area contributed by atoms with Gasteiger partial charge in [-0.2, -0.15) is 5.10 Å². The Morgan fingerprint density at radius 2 is 1.96 bits per heavy atom. The van der Waals surface area contributed by atoms with Gasteiger partial charge >= 0.3 is 5.97 Å². The lowest BCUT2D eigenvalue weighted by atomic mass is 10.1. The van der Waals surface area contributed by atoms with Crippen LogP contribution in [0.3, 0.4) is 0 Å². The van der Waals surface area contributed by atoms with Gasteiger partial charge in [-0.05, 0) is 49.4 Å². The number of esters is 1. The summed E-state index contributed by atoms with van der Waals surface area (Å²) in [5.41, 5.74) is 3.32. The van der Waals surface area contributed by atoms with E-state index >= 15 is 0 Å². The summed E-state index contributed by atoms with van der Waals surface area (Å²) in [6.45, 7) is 2.16. The summed E-state index contributed by atoms with van der Waals surface area (Å²) < 4.78 is 12.4. The van der Waals surface area contributed by atoms with Crippen molar-refractivity contribution in [2.45, 2.75) is 13.5 Å². The molecule has 0 aliphatic heterocycles. The molecular weight excluding hydrogens is 304 g/mol. The van der Waals surface area contributed by atoms with E-state index in [0.29, 0.717) is 11.3 Å². The minimum absolute atomic E-state index is 0.171. The van der Waals surface area contributed by atoms with Crippen molar-refractivity contribution in [2.75, 3.05) is 7.11 Å². The van der Waals surface area contributed by atoms with Gasteiger partial charge in [0.1, 0.15) is 12.4 Å². The molecule has 24 heavy (non-hydrogen) atoms. The molecule has 122 valence electrons. The van der Waals surface area contributed by atoms with Gasteiger partial charge in [0.2, 0.25) is 0 Å². The smallest absolute Gasteiger partial charge is 0.338 e. The zero-order valence-electron chi connectivity index (χ0n) is 13.6. The number of benzene rings is 2. The average Bonchev–Trinajstić information content (AvgIpc) is 3.14. The van der Waals surface area contributed by atoms with Gasteiger partial charge in [0.25, 0.3) is 0 Å². The normalized spacial score (nSPS) is 10.4. The molecule has 0 aliphatic rings. The van der Waals surface area contributed by atoms with E-state index in [1.807, 2.05) is 49.5 Å². The highest BCUT2D eigenvalue weighted by Gasteiger charge is 2.10. The van der Waals surface area contributed by atoms with Gasteiger partial charge in [-0.15, -0.1) is 0 Å². The molecule has 2 aromatic carbocycles. The lowest BCUT2D eigenvalue weighted by Crippen LogP contribution is -2.06. The summed E-state index contributed by atoms with van der Waals surface area (Å²) in [5, 5.41) is 4.15. The van der Waals surface area contributed by atoms with Gasteiger partial charge in [-0.3, -0.25) is 0 Å². The van der Waals surface area contributed by atoms with Crippen molar-refractivity contribution in [1.29, 1.82) is 0 Å². The van der Waals surface area contributed by atoms with E-state index in [1.165, 1.54) is 0 Å². The Kier molecular flexibility index (Phi) is 4.61. The van der Waals surface area contributed by atoms with Crippen LogP contribution in [0, 0.1) is 6.92 Å². The van der Waals surface area contributed by atoms with Crippen LogP contribution >= 0.6 is 0 Å². The van der Waals surface area contributed by atoms with E-state index in [2.05, 4.69) is 5.10 Å². The van der Waals surface area contributed by atoms with Crippen LogP contribution in [0.15, 0.2) is 60.9 Å². The van der Waals surface area contributed by atoms with Crippen LogP contribution in [-0.2, 0) is 11.3 Å². The summed E-state index contributed by atoms with van der Waals surface area (Å²) >= 11 is 0. The highest BCUT2D eigenvalue weighted by Crippen LogP contribution is 2.21. The van der Waals surface area contributed by atoms with Gasteiger partial charge in [-0.1, -0.05) is 11.6 Å². The first-order valence-electron chi connectivity index (χ1n) is 7.58. The lowest BCUT2D eigenvalue weighted by Gasteiger charge is -2.10.